The molecule has 1 heterocycles. The number of nitrogens with two attached hydrogens (primary N) is 1. The Hall–Kier alpha value is -0.980. The lowest BCUT2D eigenvalue weighted by molar-refractivity contribution is -0.122. The molecule has 0 aromatic heterocycles. The molecule has 1 aromatic carbocycles. The molecule has 0 bridgehead atoms. The molecule has 0 atom stereocenters. The molecule has 0 aliphatic carbocycles. The minimum Gasteiger partial charge on any atom is -0.369 e. The molecule has 0 saturated carbocycles. The molecule has 120 valence electrons. The number of carbonyl (C=O) groups excluding carboxylic acids is 1. The summed E-state index contributed by atoms with van der Waals surface area (Å²) < 4.78 is 0. The van der Waals surface area contributed by atoms with Crippen LogP contribution >= 0.6 is 35.6 Å². The molecule has 1 fully saturated rings. The van der Waals surface area contributed by atoms with Crippen LogP contribution in [0.5, 0.6) is 0 Å². The van der Waals surface area contributed by atoms with E-state index in [9.17, 15) is 4.79 Å². The lowest BCUT2D eigenvalue weighted by Gasteiger charge is -2.32. The van der Waals surface area contributed by atoms with E-state index < -0.39 is 0 Å². The maximum absolute atomic E-state index is 11.1. The van der Waals surface area contributed by atoms with Crippen LogP contribution in [0.4, 0.5) is 0 Å². The van der Waals surface area contributed by atoms with Crippen molar-refractivity contribution >= 4 is 46.6 Å². The highest BCUT2D eigenvalue weighted by molar-refractivity contribution is 7.99. The second-order valence-corrected chi connectivity index (χ2v) is 7.19. The van der Waals surface area contributed by atoms with Gasteiger partial charge in [0.1, 0.15) is 0 Å². The van der Waals surface area contributed by atoms with Gasteiger partial charge in [-0.25, -0.2) is 0 Å². The largest absolute Gasteiger partial charge is 0.369 e. The van der Waals surface area contributed by atoms with Crippen LogP contribution < -0.4 is 11.1 Å². The number of nitrogens with one attached hydrogen (secondary N) is 1. The number of amides is 1. The van der Waals surface area contributed by atoms with Gasteiger partial charge in [-0.1, -0.05) is 11.6 Å². The van der Waals surface area contributed by atoms with E-state index in [1.807, 2.05) is 24.3 Å². The Morgan fingerprint density at radius 2 is 2.00 bits per heavy atom. The van der Waals surface area contributed by atoms with Crippen LogP contribution in [0.1, 0.15) is 12.8 Å². The number of hydrogen-bond acceptors (Lipinski definition) is 3. The number of benzene rings is 1. The Labute approximate surface area is 145 Å². The Morgan fingerprint density at radius 3 is 2.59 bits per heavy atom. The molecular weight excluding hydrogens is 338 g/mol. The summed E-state index contributed by atoms with van der Waals surface area (Å²) in [4.78, 5) is 14.4. The van der Waals surface area contributed by atoms with Gasteiger partial charge in [0.2, 0.25) is 5.91 Å². The van der Waals surface area contributed by atoms with E-state index in [0.717, 1.165) is 48.4 Å². The molecular formula is C15H20ClN3OS2. The van der Waals surface area contributed by atoms with Crippen LogP contribution in [0, 0.1) is 5.92 Å². The number of rotatable bonds is 5. The van der Waals surface area contributed by atoms with Gasteiger partial charge in [-0.3, -0.25) is 4.79 Å². The first-order valence-corrected chi connectivity index (χ1v) is 9.04. The number of thioether (sulfide) groups is 1. The number of carbonyl (C=O) groups is 1. The number of likely N-dealkylation sites (tertiary alicyclic amines) is 1. The zero-order valence-corrected chi connectivity index (χ0v) is 14.6. The van der Waals surface area contributed by atoms with Gasteiger partial charge in [0.25, 0.3) is 0 Å². The zero-order valence-electron chi connectivity index (χ0n) is 12.3. The average Bonchev–Trinajstić information content (AvgIpc) is 2.53. The standard InChI is InChI=1S/C15H20ClN3OS2/c16-12-1-3-13(4-2-12)22-10-7-18-15(21)19-8-5-11(6-9-19)14(17)20/h1-4,11H,5-10H2,(H2,17,20)(H,18,21). The minimum absolute atomic E-state index is 0.000453. The molecule has 1 aliphatic rings. The van der Waals surface area contributed by atoms with E-state index in [4.69, 9.17) is 29.6 Å². The van der Waals surface area contributed by atoms with E-state index in [1.165, 1.54) is 4.90 Å². The Morgan fingerprint density at radius 1 is 1.36 bits per heavy atom. The summed E-state index contributed by atoms with van der Waals surface area (Å²) in [6.07, 6.45) is 1.58. The zero-order chi connectivity index (χ0) is 15.9. The number of piperidine rings is 1. The topological polar surface area (TPSA) is 58.4 Å². The average molecular weight is 358 g/mol. The normalized spacial score (nSPS) is 15.6. The first-order chi connectivity index (χ1) is 10.6. The van der Waals surface area contributed by atoms with Crippen LogP contribution in [-0.2, 0) is 4.79 Å². The summed E-state index contributed by atoms with van der Waals surface area (Å²) in [5.74, 6) is 0.733. The van der Waals surface area contributed by atoms with Gasteiger partial charge < -0.3 is 16.0 Å². The van der Waals surface area contributed by atoms with Gasteiger partial charge in [0.05, 0.1) is 0 Å². The summed E-state index contributed by atoms with van der Waals surface area (Å²) in [6.45, 7) is 2.40. The monoisotopic (exact) mass is 357 g/mol. The van der Waals surface area contributed by atoms with Crippen LogP contribution in [0.15, 0.2) is 29.2 Å². The molecule has 1 aliphatic heterocycles. The van der Waals surface area contributed by atoms with Crippen molar-refractivity contribution in [2.45, 2.75) is 17.7 Å². The van der Waals surface area contributed by atoms with Gasteiger partial charge in [0, 0.05) is 41.2 Å². The molecule has 3 N–H and O–H groups in total. The smallest absolute Gasteiger partial charge is 0.220 e. The third-order valence-corrected chi connectivity index (χ3v) is 5.31. The molecule has 1 amide bonds. The molecule has 4 nitrogen and oxygen atoms in total. The third kappa shape index (κ3) is 5.34. The van der Waals surface area contributed by atoms with Gasteiger partial charge in [-0.05, 0) is 49.3 Å². The highest BCUT2D eigenvalue weighted by Gasteiger charge is 2.24. The van der Waals surface area contributed by atoms with Gasteiger partial charge >= 0.3 is 0 Å². The van der Waals surface area contributed by atoms with E-state index in [-0.39, 0.29) is 11.8 Å². The number of thiocarbonyl (C=S) groups is 1. The van der Waals surface area contributed by atoms with Gasteiger partial charge in [-0.2, -0.15) is 0 Å². The first-order valence-electron chi connectivity index (χ1n) is 7.26. The second-order valence-electron chi connectivity index (χ2n) is 5.20. The Bertz CT molecular complexity index is 516. The van der Waals surface area contributed by atoms with Crippen LogP contribution in [0.25, 0.3) is 0 Å². The highest BCUT2D eigenvalue weighted by atomic mass is 35.5. The van der Waals surface area contributed by atoms with Crippen LogP contribution in [-0.4, -0.2) is 41.3 Å². The summed E-state index contributed by atoms with van der Waals surface area (Å²) >= 11 is 13.0. The number of primary amides is 1. The first kappa shape index (κ1) is 17.4. The summed E-state index contributed by atoms with van der Waals surface area (Å²) in [7, 11) is 0. The molecule has 0 unspecified atom stereocenters. The predicted molar refractivity (Wildman–Crippen MR) is 96.3 cm³/mol. The number of hydrogen-bond donors (Lipinski definition) is 2. The highest BCUT2D eigenvalue weighted by Crippen LogP contribution is 2.20. The van der Waals surface area contributed by atoms with E-state index in [2.05, 4.69) is 10.2 Å². The molecule has 1 saturated heterocycles. The van der Waals surface area contributed by atoms with Crippen molar-refractivity contribution in [1.29, 1.82) is 0 Å². The molecule has 2 rings (SSSR count). The van der Waals surface area contributed by atoms with Crippen molar-refractivity contribution in [1.82, 2.24) is 10.2 Å². The van der Waals surface area contributed by atoms with E-state index in [1.54, 1.807) is 11.8 Å². The van der Waals surface area contributed by atoms with Crippen molar-refractivity contribution in [3.8, 4) is 0 Å². The van der Waals surface area contributed by atoms with Crippen molar-refractivity contribution in [3.63, 3.8) is 0 Å². The fourth-order valence-corrected chi connectivity index (χ4v) is 3.52. The lowest BCUT2D eigenvalue weighted by atomic mass is 9.97. The van der Waals surface area contributed by atoms with Crippen molar-refractivity contribution in [2.24, 2.45) is 11.7 Å². The summed E-state index contributed by atoms with van der Waals surface area (Å²) in [5, 5.41) is 4.79. The minimum atomic E-state index is -0.196. The quantitative estimate of drug-likeness (QED) is 0.481. The maximum Gasteiger partial charge on any atom is 0.220 e. The van der Waals surface area contributed by atoms with Crippen LogP contribution in [0.3, 0.4) is 0 Å². The molecule has 0 spiro atoms. The van der Waals surface area contributed by atoms with Gasteiger partial charge in [0.15, 0.2) is 5.11 Å². The second kappa shape index (κ2) is 8.60. The van der Waals surface area contributed by atoms with Crippen molar-refractivity contribution in [2.75, 3.05) is 25.4 Å². The van der Waals surface area contributed by atoms with E-state index in [0.29, 0.717) is 0 Å². The van der Waals surface area contributed by atoms with E-state index >= 15 is 0 Å². The third-order valence-electron chi connectivity index (χ3n) is 3.65. The lowest BCUT2D eigenvalue weighted by Crippen LogP contribution is -2.46. The fraction of sp³-hybridized carbons (Fsp3) is 0.467. The summed E-state index contributed by atoms with van der Waals surface area (Å²) in [6, 6.07) is 7.82. The predicted octanol–water partition coefficient (Wildman–Crippen LogP) is 2.50. The molecule has 7 heteroatoms. The molecule has 1 aromatic rings. The fourth-order valence-electron chi connectivity index (χ4n) is 2.34. The van der Waals surface area contributed by atoms with Gasteiger partial charge in [-0.15, -0.1) is 11.8 Å². The maximum atomic E-state index is 11.1. The summed E-state index contributed by atoms with van der Waals surface area (Å²) in [5.41, 5.74) is 5.33. The SMILES string of the molecule is NC(=O)C1CCN(C(=S)NCCSc2ccc(Cl)cc2)CC1. The van der Waals surface area contributed by atoms with Crippen molar-refractivity contribution < 1.29 is 4.79 Å². The Balaban J connectivity index is 1.64. The number of halogens is 1. The Kier molecular flexibility index (Phi) is 6.79. The molecule has 22 heavy (non-hydrogen) atoms. The van der Waals surface area contributed by atoms with Crippen LogP contribution in [0.2, 0.25) is 5.02 Å². The molecule has 0 radical (unpaired) electrons. The van der Waals surface area contributed by atoms with Crippen molar-refractivity contribution in [3.05, 3.63) is 29.3 Å². The number of nitrogens with zero attached hydrogens (tertiary/aromatic N) is 1.